The second-order valence-electron chi connectivity index (χ2n) is 5.84. The van der Waals surface area contributed by atoms with E-state index in [1.54, 1.807) is 23.1 Å². The number of nitrogens with two attached hydrogens (primary N) is 1. The van der Waals surface area contributed by atoms with Crippen molar-refractivity contribution in [2.45, 2.75) is 49.0 Å². The van der Waals surface area contributed by atoms with E-state index >= 15 is 0 Å². The van der Waals surface area contributed by atoms with Gasteiger partial charge in [-0.3, -0.25) is 0 Å². The van der Waals surface area contributed by atoms with E-state index in [1.165, 1.54) is 36.1 Å². The topological polar surface area (TPSA) is 38.9 Å². The molecule has 1 aromatic heterocycles. The van der Waals surface area contributed by atoms with Crippen LogP contribution in [-0.2, 0) is 5.54 Å². The second-order valence-corrected chi connectivity index (χ2v) is 7.57. The molecule has 0 atom stereocenters. The maximum absolute atomic E-state index is 6.66. The molecule has 1 aliphatic carbocycles. The fourth-order valence-corrected chi connectivity index (χ4v) is 4.38. The van der Waals surface area contributed by atoms with Gasteiger partial charge in [-0.25, -0.2) is 4.98 Å². The Kier molecular flexibility index (Phi) is 4.67. The fraction of sp³-hybridized carbons (Fsp3) is 0.471. The van der Waals surface area contributed by atoms with Gasteiger partial charge in [-0.2, -0.15) is 0 Å². The third kappa shape index (κ3) is 3.33. The Morgan fingerprint density at radius 1 is 1.10 bits per heavy atom. The van der Waals surface area contributed by atoms with Gasteiger partial charge in [0.2, 0.25) is 0 Å². The Hall–Kier alpha value is -0.840. The van der Waals surface area contributed by atoms with Gasteiger partial charge in [-0.05, 0) is 31.2 Å². The molecule has 1 aliphatic rings. The van der Waals surface area contributed by atoms with Crippen molar-refractivity contribution in [1.29, 1.82) is 0 Å². The lowest BCUT2D eigenvalue weighted by Gasteiger charge is -2.25. The van der Waals surface area contributed by atoms with Crippen LogP contribution < -0.4 is 5.73 Å². The molecule has 2 nitrogen and oxygen atoms in total. The molecule has 0 radical (unpaired) electrons. The van der Waals surface area contributed by atoms with Crippen molar-refractivity contribution in [3.8, 4) is 11.3 Å². The first-order valence-electron chi connectivity index (χ1n) is 7.61. The van der Waals surface area contributed by atoms with E-state index in [0.29, 0.717) is 0 Å². The predicted octanol–water partition coefficient (Wildman–Crippen LogP) is 5.04. The van der Waals surface area contributed by atoms with Gasteiger partial charge in [0.25, 0.3) is 0 Å². The molecule has 2 aromatic rings. The van der Waals surface area contributed by atoms with Crippen LogP contribution in [0, 0.1) is 0 Å². The van der Waals surface area contributed by atoms with Crippen molar-refractivity contribution < 1.29 is 0 Å². The minimum absolute atomic E-state index is 0.196. The quantitative estimate of drug-likeness (QED) is 0.636. The van der Waals surface area contributed by atoms with Gasteiger partial charge in [0, 0.05) is 15.8 Å². The minimum Gasteiger partial charge on any atom is -0.319 e. The van der Waals surface area contributed by atoms with Crippen LogP contribution in [0.2, 0.25) is 0 Å². The molecule has 4 heteroatoms. The number of benzene rings is 1. The Bertz CT molecular complexity index is 581. The molecule has 0 amide bonds. The number of rotatable bonds is 3. The Morgan fingerprint density at radius 3 is 2.38 bits per heavy atom. The summed E-state index contributed by atoms with van der Waals surface area (Å²) in [6, 6.07) is 8.62. The molecular formula is C17H22N2S2. The number of thioether (sulfide) groups is 1. The molecule has 112 valence electrons. The maximum atomic E-state index is 6.66. The molecule has 1 saturated carbocycles. The summed E-state index contributed by atoms with van der Waals surface area (Å²) in [6.07, 6.45) is 9.33. The molecule has 21 heavy (non-hydrogen) atoms. The summed E-state index contributed by atoms with van der Waals surface area (Å²) in [5.41, 5.74) is 8.72. The summed E-state index contributed by atoms with van der Waals surface area (Å²) in [4.78, 5) is 6.15. The Morgan fingerprint density at radius 2 is 1.76 bits per heavy atom. The highest BCUT2D eigenvalue weighted by atomic mass is 32.2. The minimum atomic E-state index is -0.196. The lowest BCUT2D eigenvalue weighted by Crippen LogP contribution is -2.35. The highest BCUT2D eigenvalue weighted by Gasteiger charge is 2.31. The Balaban J connectivity index is 1.84. The largest absolute Gasteiger partial charge is 0.319 e. The molecule has 2 N–H and O–H groups in total. The number of aromatic nitrogens is 1. The van der Waals surface area contributed by atoms with Crippen molar-refractivity contribution in [3.05, 3.63) is 34.7 Å². The van der Waals surface area contributed by atoms with Crippen LogP contribution in [0.5, 0.6) is 0 Å². The van der Waals surface area contributed by atoms with E-state index < -0.39 is 0 Å². The van der Waals surface area contributed by atoms with Crippen molar-refractivity contribution in [1.82, 2.24) is 4.98 Å². The first-order chi connectivity index (χ1) is 10.2. The monoisotopic (exact) mass is 318 g/mol. The zero-order chi connectivity index (χ0) is 14.7. The molecule has 1 fully saturated rings. The van der Waals surface area contributed by atoms with Gasteiger partial charge in [-0.15, -0.1) is 23.1 Å². The van der Waals surface area contributed by atoms with E-state index in [9.17, 15) is 0 Å². The predicted molar refractivity (Wildman–Crippen MR) is 92.9 cm³/mol. The van der Waals surface area contributed by atoms with E-state index in [0.717, 1.165) is 23.5 Å². The molecule has 0 unspecified atom stereocenters. The average Bonchev–Trinajstić information content (AvgIpc) is 2.92. The number of thiazole rings is 1. The van der Waals surface area contributed by atoms with Crippen LogP contribution in [0.1, 0.15) is 43.5 Å². The Labute approximate surface area is 135 Å². The lowest BCUT2D eigenvalue weighted by atomic mass is 9.92. The van der Waals surface area contributed by atoms with Crippen LogP contribution in [0.3, 0.4) is 0 Å². The van der Waals surface area contributed by atoms with Crippen LogP contribution >= 0.6 is 23.1 Å². The van der Waals surface area contributed by atoms with E-state index in [-0.39, 0.29) is 5.54 Å². The zero-order valence-electron chi connectivity index (χ0n) is 12.5. The highest BCUT2D eigenvalue weighted by molar-refractivity contribution is 7.98. The summed E-state index contributed by atoms with van der Waals surface area (Å²) < 4.78 is 0. The normalized spacial score (nSPS) is 18.4. The smallest absolute Gasteiger partial charge is 0.113 e. The molecule has 0 bridgehead atoms. The maximum Gasteiger partial charge on any atom is 0.113 e. The third-order valence-corrected chi connectivity index (χ3v) is 6.12. The van der Waals surface area contributed by atoms with Crippen LogP contribution in [-0.4, -0.2) is 11.2 Å². The molecule has 0 saturated heterocycles. The number of hydrogen-bond acceptors (Lipinski definition) is 4. The summed E-state index contributed by atoms with van der Waals surface area (Å²) in [5, 5.41) is 3.27. The molecule has 1 heterocycles. The standard InChI is InChI=1S/C17H22N2S2/c1-20-14-8-6-13(7-9-14)15-12-21-16(19-15)17(18)10-4-2-3-5-11-17/h6-9,12H,2-5,10-11,18H2,1H3. The van der Waals surface area contributed by atoms with Crippen LogP contribution in [0.15, 0.2) is 34.5 Å². The van der Waals surface area contributed by atoms with Crippen molar-refractivity contribution in [2.24, 2.45) is 5.73 Å². The first-order valence-corrected chi connectivity index (χ1v) is 9.71. The van der Waals surface area contributed by atoms with E-state index in [1.807, 2.05) is 0 Å². The first kappa shape index (κ1) is 15.1. The third-order valence-electron chi connectivity index (χ3n) is 4.31. The van der Waals surface area contributed by atoms with Crippen LogP contribution in [0.4, 0.5) is 0 Å². The molecule has 0 spiro atoms. The molecule has 1 aromatic carbocycles. The van der Waals surface area contributed by atoms with Gasteiger partial charge < -0.3 is 5.73 Å². The van der Waals surface area contributed by atoms with Gasteiger partial charge >= 0.3 is 0 Å². The van der Waals surface area contributed by atoms with Crippen LogP contribution in [0.25, 0.3) is 11.3 Å². The van der Waals surface area contributed by atoms with Crippen molar-refractivity contribution in [2.75, 3.05) is 6.26 Å². The highest BCUT2D eigenvalue weighted by Crippen LogP contribution is 2.37. The summed E-state index contributed by atoms with van der Waals surface area (Å²) in [7, 11) is 0. The van der Waals surface area contributed by atoms with Gasteiger partial charge in [-0.1, -0.05) is 37.8 Å². The van der Waals surface area contributed by atoms with Gasteiger partial charge in [0.1, 0.15) is 5.01 Å². The fourth-order valence-electron chi connectivity index (χ4n) is 2.97. The summed E-state index contributed by atoms with van der Waals surface area (Å²) in [6.45, 7) is 0. The van der Waals surface area contributed by atoms with E-state index in [4.69, 9.17) is 10.7 Å². The molecule has 3 rings (SSSR count). The number of hydrogen-bond donors (Lipinski definition) is 1. The molecular weight excluding hydrogens is 296 g/mol. The zero-order valence-corrected chi connectivity index (χ0v) is 14.1. The average molecular weight is 319 g/mol. The van der Waals surface area contributed by atoms with Gasteiger partial charge in [0.15, 0.2) is 0 Å². The van der Waals surface area contributed by atoms with Crippen molar-refractivity contribution in [3.63, 3.8) is 0 Å². The second kappa shape index (κ2) is 6.51. The summed E-state index contributed by atoms with van der Waals surface area (Å²) in [5.74, 6) is 0. The summed E-state index contributed by atoms with van der Waals surface area (Å²) >= 11 is 3.49. The molecule has 0 aliphatic heterocycles. The van der Waals surface area contributed by atoms with E-state index in [2.05, 4.69) is 35.9 Å². The lowest BCUT2D eigenvalue weighted by molar-refractivity contribution is 0.384. The van der Waals surface area contributed by atoms with Crippen molar-refractivity contribution >= 4 is 23.1 Å². The number of nitrogens with zero attached hydrogens (tertiary/aromatic N) is 1. The SMILES string of the molecule is CSc1ccc(-c2csc(C3(N)CCCCCC3)n2)cc1. The van der Waals surface area contributed by atoms with Gasteiger partial charge in [0.05, 0.1) is 11.2 Å².